The Labute approximate surface area is 121 Å². The minimum absolute atomic E-state index is 0.337. The Morgan fingerprint density at radius 1 is 1.15 bits per heavy atom. The summed E-state index contributed by atoms with van der Waals surface area (Å²) in [4.78, 5) is 11.7. The van der Waals surface area contributed by atoms with Gasteiger partial charge in [0.2, 0.25) is 0 Å². The van der Waals surface area contributed by atoms with Crippen molar-refractivity contribution in [2.24, 2.45) is 0 Å². The van der Waals surface area contributed by atoms with E-state index in [1.54, 1.807) is 24.3 Å². The average molecular weight is 281 g/mol. The van der Waals surface area contributed by atoms with Crippen molar-refractivity contribution in [1.29, 1.82) is 5.26 Å². The number of rotatable bonds is 1. The van der Waals surface area contributed by atoms with E-state index >= 15 is 0 Å². The average Bonchev–Trinajstić information content (AvgIpc) is 2.46. The fraction of sp³-hybridized carbons (Fsp3) is 0. The highest BCUT2D eigenvalue weighted by atomic mass is 35.5. The molecular weight excluding hydrogens is 272 g/mol. The van der Waals surface area contributed by atoms with Crippen LogP contribution in [0, 0.1) is 23.2 Å². The summed E-state index contributed by atoms with van der Waals surface area (Å²) in [7, 11) is 0. The molecule has 0 aliphatic carbocycles. The van der Waals surface area contributed by atoms with Gasteiger partial charge < -0.3 is 5.32 Å². The summed E-state index contributed by atoms with van der Waals surface area (Å²) >= 11 is 5.83. The van der Waals surface area contributed by atoms with E-state index in [2.05, 4.69) is 17.2 Å². The molecule has 0 aromatic heterocycles. The van der Waals surface area contributed by atoms with Gasteiger partial charge in [0.05, 0.1) is 11.3 Å². The van der Waals surface area contributed by atoms with Crippen LogP contribution in [0.25, 0.3) is 0 Å². The molecule has 2 rings (SSSR count). The third kappa shape index (κ3) is 3.62. The van der Waals surface area contributed by atoms with Crippen LogP contribution >= 0.6 is 11.6 Å². The maximum atomic E-state index is 11.7. The summed E-state index contributed by atoms with van der Waals surface area (Å²) in [5.74, 6) is 4.71. The molecule has 1 amide bonds. The van der Waals surface area contributed by atoms with Gasteiger partial charge in [0, 0.05) is 16.5 Å². The Hall–Kier alpha value is -2.75. The molecule has 0 unspecified atom stereocenters. The summed E-state index contributed by atoms with van der Waals surface area (Å²) in [6.07, 6.45) is 0. The van der Waals surface area contributed by atoms with E-state index in [1.807, 2.05) is 24.3 Å². The largest absolute Gasteiger partial charge is 0.314 e. The molecule has 4 heteroatoms. The van der Waals surface area contributed by atoms with Gasteiger partial charge in [-0.3, -0.25) is 4.79 Å². The van der Waals surface area contributed by atoms with Crippen molar-refractivity contribution in [2.75, 3.05) is 5.32 Å². The SMILES string of the molecule is N#Cc1ccc(Cl)cc1NC(=O)C#Cc1ccccc1. The van der Waals surface area contributed by atoms with Gasteiger partial charge in [-0.1, -0.05) is 35.7 Å². The second-order valence-electron chi connectivity index (χ2n) is 3.87. The first-order valence-electron chi connectivity index (χ1n) is 5.77. The normalized spacial score (nSPS) is 9.00. The summed E-state index contributed by atoms with van der Waals surface area (Å²) < 4.78 is 0. The third-order valence-corrected chi connectivity index (χ3v) is 2.68. The molecule has 1 N–H and O–H groups in total. The Balaban J connectivity index is 2.16. The highest BCUT2D eigenvalue weighted by Gasteiger charge is 2.05. The molecule has 0 aliphatic heterocycles. The van der Waals surface area contributed by atoms with Gasteiger partial charge in [-0.05, 0) is 30.3 Å². The minimum atomic E-state index is -0.493. The number of benzene rings is 2. The molecule has 3 nitrogen and oxygen atoms in total. The van der Waals surface area contributed by atoms with E-state index in [4.69, 9.17) is 16.9 Å². The number of nitrogens with zero attached hydrogens (tertiary/aromatic N) is 1. The zero-order valence-corrected chi connectivity index (χ0v) is 11.1. The van der Waals surface area contributed by atoms with Crippen molar-refractivity contribution >= 4 is 23.2 Å². The number of carbonyl (C=O) groups is 1. The Morgan fingerprint density at radius 3 is 2.60 bits per heavy atom. The molecule has 2 aromatic carbocycles. The van der Waals surface area contributed by atoms with Gasteiger partial charge >= 0.3 is 5.91 Å². The summed E-state index contributed by atoms with van der Waals surface area (Å²) in [5.41, 5.74) is 1.44. The van der Waals surface area contributed by atoms with Gasteiger partial charge in [0.1, 0.15) is 6.07 Å². The van der Waals surface area contributed by atoms with Gasteiger partial charge in [0.15, 0.2) is 0 Å². The zero-order valence-electron chi connectivity index (χ0n) is 10.4. The zero-order chi connectivity index (χ0) is 14.4. The first kappa shape index (κ1) is 13.7. The van der Waals surface area contributed by atoms with E-state index in [-0.39, 0.29) is 0 Å². The maximum Gasteiger partial charge on any atom is 0.300 e. The molecule has 0 bridgehead atoms. The summed E-state index contributed by atoms with van der Waals surface area (Å²) in [6, 6.07) is 15.8. The lowest BCUT2D eigenvalue weighted by atomic mass is 10.2. The first-order chi connectivity index (χ1) is 9.69. The number of nitriles is 1. The van der Waals surface area contributed by atoms with E-state index in [1.165, 1.54) is 6.07 Å². The quantitative estimate of drug-likeness (QED) is 0.816. The van der Waals surface area contributed by atoms with Crippen LogP contribution in [0.1, 0.15) is 11.1 Å². The van der Waals surface area contributed by atoms with Gasteiger partial charge in [-0.2, -0.15) is 5.26 Å². The van der Waals surface area contributed by atoms with Crippen molar-refractivity contribution in [3.05, 3.63) is 64.7 Å². The monoisotopic (exact) mass is 280 g/mol. The van der Waals surface area contributed by atoms with E-state index in [0.29, 0.717) is 16.3 Å². The number of hydrogen-bond acceptors (Lipinski definition) is 2. The van der Waals surface area contributed by atoms with Crippen LogP contribution in [0.3, 0.4) is 0 Å². The minimum Gasteiger partial charge on any atom is -0.314 e. The van der Waals surface area contributed by atoms with Crippen LogP contribution in [0.4, 0.5) is 5.69 Å². The molecule has 0 heterocycles. The predicted octanol–water partition coefficient (Wildman–Crippen LogP) is 3.20. The molecule has 0 saturated carbocycles. The maximum absolute atomic E-state index is 11.7. The molecular formula is C16H9ClN2O. The second kappa shape index (κ2) is 6.43. The number of nitrogens with one attached hydrogen (secondary N) is 1. The van der Waals surface area contributed by atoms with Crippen molar-refractivity contribution in [3.8, 4) is 17.9 Å². The van der Waals surface area contributed by atoms with Gasteiger partial charge in [-0.25, -0.2) is 0 Å². The van der Waals surface area contributed by atoms with Crippen molar-refractivity contribution in [1.82, 2.24) is 0 Å². The number of carbonyl (C=O) groups excluding carboxylic acids is 1. The van der Waals surface area contributed by atoms with Crippen LogP contribution in [0.15, 0.2) is 48.5 Å². The van der Waals surface area contributed by atoms with Gasteiger partial charge in [-0.15, -0.1) is 0 Å². The fourth-order valence-electron chi connectivity index (χ4n) is 1.52. The van der Waals surface area contributed by atoms with Crippen LogP contribution in [-0.4, -0.2) is 5.91 Å². The summed E-state index contributed by atoms with van der Waals surface area (Å²) in [6.45, 7) is 0. The molecule has 0 aliphatic rings. The standard InChI is InChI=1S/C16H9ClN2O/c17-14-8-7-13(11-18)15(10-14)19-16(20)9-6-12-4-2-1-3-5-12/h1-5,7-8,10H,(H,19,20). The molecule has 0 radical (unpaired) electrons. The van der Waals surface area contributed by atoms with Crippen LogP contribution in [0.2, 0.25) is 5.02 Å². The number of hydrogen-bond donors (Lipinski definition) is 1. The van der Waals surface area contributed by atoms with Crippen LogP contribution in [-0.2, 0) is 4.79 Å². The Morgan fingerprint density at radius 2 is 1.90 bits per heavy atom. The van der Waals surface area contributed by atoms with Crippen molar-refractivity contribution < 1.29 is 4.79 Å². The van der Waals surface area contributed by atoms with Gasteiger partial charge in [0.25, 0.3) is 0 Å². The van der Waals surface area contributed by atoms with Crippen molar-refractivity contribution in [3.63, 3.8) is 0 Å². The molecule has 20 heavy (non-hydrogen) atoms. The fourth-order valence-corrected chi connectivity index (χ4v) is 1.69. The molecule has 2 aromatic rings. The van der Waals surface area contributed by atoms with E-state index in [0.717, 1.165) is 5.56 Å². The van der Waals surface area contributed by atoms with Crippen LogP contribution < -0.4 is 5.32 Å². The lowest BCUT2D eigenvalue weighted by molar-refractivity contribution is -0.111. The lowest BCUT2D eigenvalue weighted by Crippen LogP contribution is -2.09. The molecule has 0 spiro atoms. The van der Waals surface area contributed by atoms with Crippen LogP contribution in [0.5, 0.6) is 0 Å². The summed E-state index contributed by atoms with van der Waals surface area (Å²) in [5, 5.41) is 11.9. The first-order valence-corrected chi connectivity index (χ1v) is 6.14. The number of amides is 1. The second-order valence-corrected chi connectivity index (χ2v) is 4.31. The highest BCUT2D eigenvalue weighted by molar-refractivity contribution is 6.31. The molecule has 0 saturated heterocycles. The number of halogens is 1. The number of anilines is 1. The Bertz CT molecular complexity index is 737. The highest BCUT2D eigenvalue weighted by Crippen LogP contribution is 2.20. The topological polar surface area (TPSA) is 52.9 Å². The van der Waals surface area contributed by atoms with E-state index in [9.17, 15) is 4.79 Å². The van der Waals surface area contributed by atoms with Crippen molar-refractivity contribution in [2.45, 2.75) is 0 Å². The molecule has 0 fully saturated rings. The molecule has 0 atom stereocenters. The van der Waals surface area contributed by atoms with E-state index < -0.39 is 5.91 Å². The lowest BCUT2D eigenvalue weighted by Gasteiger charge is -2.03. The third-order valence-electron chi connectivity index (χ3n) is 2.44. The predicted molar refractivity (Wildman–Crippen MR) is 78.1 cm³/mol. The Kier molecular flexibility index (Phi) is 4.39. The molecule has 96 valence electrons. The smallest absolute Gasteiger partial charge is 0.300 e.